The molecule has 0 nitrogen and oxygen atoms in total. The second-order valence-corrected chi connectivity index (χ2v) is 8.97. The number of hydrogen-bond acceptors (Lipinski definition) is 2. The summed E-state index contributed by atoms with van der Waals surface area (Å²) in [6, 6.07) is 29.7. The predicted molar refractivity (Wildman–Crippen MR) is 134 cm³/mol. The zero-order valence-electron chi connectivity index (χ0n) is 16.7. The molecule has 2 heterocycles. The highest BCUT2D eigenvalue weighted by Crippen LogP contribution is 2.29. The van der Waals surface area contributed by atoms with Gasteiger partial charge in [0.1, 0.15) is 0 Å². The molecule has 2 aromatic carbocycles. The van der Waals surface area contributed by atoms with Crippen LogP contribution in [0.2, 0.25) is 0 Å². The fourth-order valence-corrected chi connectivity index (χ4v) is 4.84. The lowest BCUT2D eigenvalue weighted by molar-refractivity contribution is 1.06. The third kappa shape index (κ3) is 5.79. The molecule has 0 fully saturated rings. The summed E-state index contributed by atoms with van der Waals surface area (Å²) in [7, 11) is 0. The first kappa shape index (κ1) is 20.3. The highest BCUT2D eigenvalue weighted by Gasteiger charge is 2.09. The second-order valence-electron chi connectivity index (χ2n) is 7.01. The van der Waals surface area contributed by atoms with Gasteiger partial charge < -0.3 is 0 Å². The number of rotatable bonds is 8. The van der Waals surface area contributed by atoms with Crippen molar-refractivity contribution < 1.29 is 0 Å². The Hall–Kier alpha value is -2.94. The van der Waals surface area contributed by atoms with Crippen molar-refractivity contribution in [3.8, 4) is 0 Å². The van der Waals surface area contributed by atoms with E-state index in [9.17, 15) is 0 Å². The van der Waals surface area contributed by atoms with Gasteiger partial charge in [0.25, 0.3) is 0 Å². The van der Waals surface area contributed by atoms with Gasteiger partial charge >= 0.3 is 0 Å². The lowest BCUT2D eigenvalue weighted by atomic mass is 9.99. The third-order valence-electron chi connectivity index (χ3n) is 4.86. The highest BCUT2D eigenvalue weighted by molar-refractivity contribution is 7.10. The molecule has 0 radical (unpaired) electrons. The molecule has 2 heteroatoms. The smallest absolute Gasteiger partial charge is 0.0296 e. The molecule has 0 bridgehead atoms. The molecule has 2 unspecified atom stereocenters. The zero-order valence-corrected chi connectivity index (χ0v) is 18.3. The Labute approximate surface area is 187 Å². The molecule has 0 spiro atoms. The van der Waals surface area contributed by atoms with Crippen LogP contribution in [0, 0.1) is 0 Å². The first-order valence-electron chi connectivity index (χ1n) is 10.1. The van der Waals surface area contributed by atoms with E-state index < -0.39 is 0 Å². The van der Waals surface area contributed by atoms with Crippen LogP contribution in [0.5, 0.6) is 0 Å². The second kappa shape index (κ2) is 10.7. The molecule has 4 rings (SSSR count). The van der Waals surface area contributed by atoms with Gasteiger partial charge in [0.05, 0.1) is 0 Å². The molecular weight excluding hydrogens is 400 g/mol. The van der Waals surface area contributed by atoms with E-state index >= 15 is 0 Å². The maximum Gasteiger partial charge on any atom is 0.0296 e. The minimum atomic E-state index is 0.262. The van der Waals surface area contributed by atoms with E-state index in [1.807, 2.05) is 22.7 Å². The van der Waals surface area contributed by atoms with Gasteiger partial charge in [-0.2, -0.15) is 0 Å². The molecule has 2 aromatic heterocycles. The molecule has 0 aliphatic rings. The average Bonchev–Trinajstić information content (AvgIpc) is 3.52. The summed E-state index contributed by atoms with van der Waals surface area (Å²) in [4.78, 5) is 2.71. The van der Waals surface area contributed by atoms with Crippen LogP contribution in [0.4, 0.5) is 0 Å². The van der Waals surface area contributed by atoms with Gasteiger partial charge in [-0.3, -0.25) is 0 Å². The summed E-state index contributed by atoms with van der Waals surface area (Å²) >= 11 is 3.62. The molecule has 0 aliphatic heterocycles. The van der Waals surface area contributed by atoms with Gasteiger partial charge in [0.2, 0.25) is 0 Å². The number of thiophene rings is 2. The Kier molecular flexibility index (Phi) is 7.27. The molecule has 30 heavy (non-hydrogen) atoms. The molecule has 0 N–H and O–H groups in total. The Morgan fingerprint density at radius 1 is 0.467 bits per heavy atom. The zero-order chi connectivity index (χ0) is 20.4. The van der Waals surface area contributed by atoms with E-state index in [0.29, 0.717) is 0 Å². The van der Waals surface area contributed by atoms with Crippen molar-refractivity contribution in [2.75, 3.05) is 0 Å². The van der Waals surface area contributed by atoms with E-state index in [0.717, 1.165) is 0 Å². The van der Waals surface area contributed by atoms with Crippen molar-refractivity contribution in [3.63, 3.8) is 0 Å². The molecule has 148 valence electrons. The van der Waals surface area contributed by atoms with Crippen molar-refractivity contribution >= 4 is 34.8 Å². The number of hydrogen-bond donors (Lipinski definition) is 0. The maximum atomic E-state index is 2.34. The van der Waals surface area contributed by atoms with E-state index in [1.165, 1.54) is 20.9 Å². The van der Waals surface area contributed by atoms with Crippen LogP contribution < -0.4 is 0 Å². The number of benzene rings is 2. The SMILES string of the molecule is C(=C\C(/C=C/C(/C=C/c1ccccc1)c1cccs1)c1cccs1)/c1ccccc1. The summed E-state index contributed by atoms with van der Waals surface area (Å²) < 4.78 is 0. The topological polar surface area (TPSA) is 0 Å². The van der Waals surface area contributed by atoms with Crippen LogP contribution in [0.3, 0.4) is 0 Å². The quantitative estimate of drug-likeness (QED) is 0.248. The first-order valence-corrected chi connectivity index (χ1v) is 11.9. The van der Waals surface area contributed by atoms with Crippen molar-refractivity contribution in [2.24, 2.45) is 0 Å². The molecule has 0 amide bonds. The lowest BCUT2D eigenvalue weighted by Gasteiger charge is -2.09. The van der Waals surface area contributed by atoms with Crippen LogP contribution in [0.1, 0.15) is 32.7 Å². The summed E-state index contributed by atoms with van der Waals surface area (Å²) in [5, 5.41) is 4.30. The van der Waals surface area contributed by atoms with Crippen LogP contribution >= 0.6 is 22.7 Å². The molecule has 0 saturated carbocycles. The van der Waals surface area contributed by atoms with Gasteiger partial charge in [-0.25, -0.2) is 0 Å². The van der Waals surface area contributed by atoms with Crippen LogP contribution in [0.15, 0.2) is 120 Å². The molecule has 0 aliphatic carbocycles. The van der Waals surface area contributed by atoms with Gasteiger partial charge in [-0.05, 0) is 34.0 Å². The molecule has 2 atom stereocenters. The van der Waals surface area contributed by atoms with Crippen molar-refractivity contribution in [3.05, 3.63) is 141 Å². The number of allylic oxidation sites excluding steroid dienone is 4. The van der Waals surface area contributed by atoms with E-state index in [-0.39, 0.29) is 11.8 Å². The van der Waals surface area contributed by atoms with Gasteiger partial charge in [0.15, 0.2) is 0 Å². The Balaban J connectivity index is 1.59. The van der Waals surface area contributed by atoms with Gasteiger partial charge in [-0.15, -0.1) is 22.7 Å². The normalized spacial score (nSPS) is 14.0. The lowest BCUT2D eigenvalue weighted by Crippen LogP contribution is -1.91. The minimum Gasteiger partial charge on any atom is -0.148 e. The minimum absolute atomic E-state index is 0.262. The van der Waals surface area contributed by atoms with Crippen molar-refractivity contribution in [2.45, 2.75) is 11.8 Å². The maximum absolute atomic E-state index is 2.34. The fourth-order valence-electron chi connectivity index (χ4n) is 3.27. The summed E-state index contributed by atoms with van der Waals surface area (Å²) in [5.41, 5.74) is 2.46. The Morgan fingerprint density at radius 2 is 0.900 bits per heavy atom. The Morgan fingerprint density at radius 3 is 1.27 bits per heavy atom. The molecular formula is C28H24S2. The van der Waals surface area contributed by atoms with Crippen molar-refractivity contribution in [1.82, 2.24) is 0 Å². The largest absolute Gasteiger partial charge is 0.148 e. The summed E-state index contributed by atoms with van der Waals surface area (Å²) in [6.45, 7) is 0. The summed E-state index contributed by atoms with van der Waals surface area (Å²) in [5.74, 6) is 0.524. The van der Waals surface area contributed by atoms with Crippen LogP contribution in [-0.2, 0) is 0 Å². The van der Waals surface area contributed by atoms with E-state index in [4.69, 9.17) is 0 Å². The van der Waals surface area contributed by atoms with Crippen LogP contribution in [0.25, 0.3) is 12.2 Å². The highest BCUT2D eigenvalue weighted by atomic mass is 32.1. The van der Waals surface area contributed by atoms with Gasteiger partial charge in [-0.1, -0.05) is 109 Å². The van der Waals surface area contributed by atoms with Crippen LogP contribution in [-0.4, -0.2) is 0 Å². The monoisotopic (exact) mass is 424 g/mol. The standard InChI is InChI=1S/C28H24S2/c1-3-9-23(10-4-1)15-17-25(27-13-7-21-29-27)19-20-26(28-14-8-22-30-28)18-16-24-11-5-2-6-12-24/h1-22,25-26H/b17-15+,18-16+,20-19+. The third-order valence-corrected chi connectivity index (χ3v) is 6.81. The Bertz CT molecular complexity index is 981. The predicted octanol–water partition coefficient (Wildman–Crippen LogP) is 8.66. The molecule has 0 saturated heterocycles. The van der Waals surface area contributed by atoms with Crippen molar-refractivity contribution in [1.29, 1.82) is 0 Å². The van der Waals surface area contributed by atoms with E-state index in [2.05, 4.69) is 132 Å². The molecule has 4 aromatic rings. The average molecular weight is 425 g/mol. The fraction of sp³-hybridized carbons (Fsp3) is 0.0714. The summed E-state index contributed by atoms with van der Waals surface area (Å²) in [6.07, 6.45) is 13.7. The van der Waals surface area contributed by atoms with Gasteiger partial charge in [0, 0.05) is 21.6 Å². The van der Waals surface area contributed by atoms with E-state index in [1.54, 1.807) is 0 Å². The first-order chi connectivity index (χ1) is 14.9.